The monoisotopic (exact) mass is 287 g/mol. The van der Waals surface area contributed by atoms with Crippen molar-refractivity contribution >= 4 is 11.6 Å². The number of methoxy groups -OCH3 is 1. The Morgan fingerprint density at radius 3 is 2.52 bits per heavy atom. The van der Waals surface area contributed by atoms with Crippen molar-refractivity contribution in [1.29, 1.82) is 0 Å². The van der Waals surface area contributed by atoms with Gasteiger partial charge in [-0.2, -0.15) is 5.10 Å². The molecular formula is C16H21N3O2. The van der Waals surface area contributed by atoms with Gasteiger partial charge in [-0.25, -0.2) is 0 Å². The van der Waals surface area contributed by atoms with E-state index in [4.69, 9.17) is 4.74 Å². The van der Waals surface area contributed by atoms with Crippen LogP contribution in [0.3, 0.4) is 0 Å². The largest absolute Gasteiger partial charge is 0.497 e. The maximum atomic E-state index is 12.2. The van der Waals surface area contributed by atoms with Crippen LogP contribution in [0.5, 0.6) is 5.75 Å². The van der Waals surface area contributed by atoms with Crippen molar-refractivity contribution in [1.82, 2.24) is 9.78 Å². The lowest BCUT2D eigenvalue weighted by Crippen LogP contribution is -2.25. The zero-order chi connectivity index (χ0) is 15.4. The van der Waals surface area contributed by atoms with E-state index in [0.29, 0.717) is 6.54 Å². The molecule has 1 amide bonds. The molecule has 0 radical (unpaired) electrons. The van der Waals surface area contributed by atoms with E-state index < -0.39 is 0 Å². The molecule has 5 heteroatoms. The maximum absolute atomic E-state index is 12.2. The van der Waals surface area contributed by atoms with Gasteiger partial charge in [0.25, 0.3) is 0 Å². The van der Waals surface area contributed by atoms with Crippen molar-refractivity contribution in [3.63, 3.8) is 0 Å². The topological polar surface area (TPSA) is 56.1 Å². The number of nitrogens with zero attached hydrogens (tertiary/aromatic N) is 2. The van der Waals surface area contributed by atoms with Crippen molar-refractivity contribution in [3.05, 3.63) is 41.7 Å². The molecule has 2 rings (SSSR count). The molecule has 5 nitrogen and oxygen atoms in total. The van der Waals surface area contributed by atoms with Gasteiger partial charge in [-0.1, -0.05) is 6.92 Å². The van der Waals surface area contributed by atoms with Crippen molar-refractivity contribution in [2.75, 3.05) is 12.4 Å². The molecule has 112 valence electrons. The lowest BCUT2D eigenvalue weighted by molar-refractivity contribution is -0.119. The van der Waals surface area contributed by atoms with Crippen LogP contribution < -0.4 is 10.1 Å². The van der Waals surface area contributed by atoms with E-state index in [0.717, 1.165) is 22.8 Å². The summed E-state index contributed by atoms with van der Waals surface area (Å²) >= 11 is 0. The van der Waals surface area contributed by atoms with Crippen LogP contribution in [0.15, 0.2) is 30.3 Å². The molecule has 1 N–H and O–H groups in total. The zero-order valence-electron chi connectivity index (χ0n) is 12.9. The molecule has 21 heavy (non-hydrogen) atoms. The number of anilines is 1. The fourth-order valence-electron chi connectivity index (χ4n) is 2.14. The Morgan fingerprint density at radius 1 is 1.33 bits per heavy atom. The molecule has 1 unspecified atom stereocenters. The van der Waals surface area contributed by atoms with E-state index >= 15 is 0 Å². The highest BCUT2D eigenvalue weighted by atomic mass is 16.5. The molecule has 1 aromatic carbocycles. The van der Waals surface area contributed by atoms with Crippen LogP contribution in [0.2, 0.25) is 0 Å². The van der Waals surface area contributed by atoms with Crippen LogP contribution >= 0.6 is 0 Å². The summed E-state index contributed by atoms with van der Waals surface area (Å²) in [7, 11) is 1.62. The Labute approximate surface area is 124 Å². The van der Waals surface area contributed by atoms with Gasteiger partial charge in [0.1, 0.15) is 5.75 Å². The van der Waals surface area contributed by atoms with Gasteiger partial charge in [-0.05, 0) is 44.2 Å². The third-order valence-corrected chi connectivity index (χ3v) is 3.36. The maximum Gasteiger partial charge on any atom is 0.229 e. The predicted molar refractivity (Wildman–Crippen MR) is 82.5 cm³/mol. The summed E-state index contributed by atoms with van der Waals surface area (Å²) in [5, 5.41) is 7.29. The highest BCUT2D eigenvalue weighted by Crippen LogP contribution is 2.16. The first-order valence-corrected chi connectivity index (χ1v) is 6.95. The van der Waals surface area contributed by atoms with Gasteiger partial charge in [0, 0.05) is 11.4 Å². The van der Waals surface area contributed by atoms with Gasteiger partial charge in [-0.15, -0.1) is 0 Å². The number of aromatic nitrogens is 2. The minimum atomic E-state index is -0.162. The number of amides is 1. The Hall–Kier alpha value is -2.30. The van der Waals surface area contributed by atoms with E-state index in [-0.39, 0.29) is 11.8 Å². The highest BCUT2D eigenvalue weighted by molar-refractivity contribution is 5.92. The van der Waals surface area contributed by atoms with Gasteiger partial charge in [0.2, 0.25) is 5.91 Å². The van der Waals surface area contributed by atoms with E-state index in [1.807, 2.05) is 55.8 Å². The fraction of sp³-hybridized carbons (Fsp3) is 0.375. The Kier molecular flexibility index (Phi) is 4.62. The number of ether oxygens (including phenoxy) is 1. The molecular weight excluding hydrogens is 266 g/mol. The smallest absolute Gasteiger partial charge is 0.229 e. The average molecular weight is 287 g/mol. The summed E-state index contributed by atoms with van der Waals surface area (Å²) < 4.78 is 6.96. The molecule has 1 aromatic heterocycles. The van der Waals surface area contributed by atoms with Gasteiger partial charge in [0.05, 0.1) is 25.3 Å². The summed E-state index contributed by atoms with van der Waals surface area (Å²) in [6, 6.07) is 9.30. The lowest BCUT2D eigenvalue weighted by atomic mass is 10.1. The standard InChI is InChI=1S/C16H21N3O2/c1-11(10-19-13(3)9-12(2)18-19)16(20)17-14-5-7-15(21-4)8-6-14/h5-9,11H,10H2,1-4H3,(H,17,20). The van der Waals surface area contributed by atoms with E-state index in [9.17, 15) is 4.79 Å². The molecule has 0 bridgehead atoms. The van der Waals surface area contributed by atoms with Crippen LogP contribution in [0, 0.1) is 19.8 Å². The summed E-state index contributed by atoms with van der Waals surface area (Å²) in [6.07, 6.45) is 0. The van der Waals surface area contributed by atoms with E-state index in [1.54, 1.807) is 7.11 Å². The van der Waals surface area contributed by atoms with Crippen molar-refractivity contribution in [2.24, 2.45) is 5.92 Å². The summed E-state index contributed by atoms with van der Waals surface area (Å²) in [5.41, 5.74) is 2.80. The zero-order valence-corrected chi connectivity index (χ0v) is 12.9. The van der Waals surface area contributed by atoms with Crippen LogP contribution in [0.1, 0.15) is 18.3 Å². The first kappa shape index (κ1) is 15.1. The summed E-state index contributed by atoms with van der Waals surface area (Å²) in [4.78, 5) is 12.2. The van der Waals surface area contributed by atoms with Crippen LogP contribution in [-0.4, -0.2) is 22.8 Å². The van der Waals surface area contributed by atoms with Crippen molar-refractivity contribution in [2.45, 2.75) is 27.3 Å². The predicted octanol–water partition coefficient (Wildman–Crippen LogP) is 2.78. The SMILES string of the molecule is COc1ccc(NC(=O)C(C)Cn2nc(C)cc2C)cc1. The third kappa shape index (κ3) is 3.84. The molecule has 0 aliphatic heterocycles. The lowest BCUT2D eigenvalue weighted by Gasteiger charge is -2.13. The second-order valence-electron chi connectivity index (χ2n) is 5.23. The molecule has 0 fully saturated rings. The number of hydrogen-bond donors (Lipinski definition) is 1. The first-order chi connectivity index (χ1) is 9.99. The molecule has 0 spiro atoms. The number of nitrogens with one attached hydrogen (secondary N) is 1. The third-order valence-electron chi connectivity index (χ3n) is 3.36. The molecule has 2 aromatic rings. The van der Waals surface area contributed by atoms with Gasteiger partial charge in [-0.3, -0.25) is 9.48 Å². The van der Waals surface area contributed by atoms with Crippen molar-refractivity contribution < 1.29 is 9.53 Å². The second-order valence-corrected chi connectivity index (χ2v) is 5.23. The van der Waals surface area contributed by atoms with E-state index in [2.05, 4.69) is 10.4 Å². The molecule has 0 saturated heterocycles. The number of carbonyl (C=O) groups excluding carboxylic acids is 1. The van der Waals surface area contributed by atoms with Crippen LogP contribution in [0.25, 0.3) is 0 Å². The van der Waals surface area contributed by atoms with Gasteiger partial charge in [0.15, 0.2) is 0 Å². The van der Waals surface area contributed by atoms with Gasteiger partial charge >= 0.3 is 0 Å². The number of rotatable bonds is 5. The van der Waals surface area contributed by atoms with Crippen LogP contribution in [0.4, 0.5) is 5.69 Å². The Bertz CT molecular complexity index is 617. The number of aryl methyl sites for hydroxylation is 2. The minimum absolute atomic E-state index is 0.0206. The first-order valence-electron chi connectivity index (χ1n) is 6.95. The van der Waals surface area contributed by atoms with Gasteiger partial charge < -0.3 is 10.1 Å². The summed E-state index contributed by atoms with van der Waals surface area (Å²) in [6.45, 7) is 6.41. The number of carbonyl (C=O) groups is 1. The Balaban J connectivity index is 1.97. The number of hydrogen-bond acceptors (Lipinski definition) is 3. The normalized spacial score (nSPS) is 12.0. The molecule has 1 atom stereocenters. The molecule has 1 heterocycles. The Morgan fingerprint density at radius 2 is 2.00 bits per heavy atom. The van der Waals surface area contributed by atoms with Crippen LogP contribution in [-0.2, 0) is 11.3 Å². The average Bonchev–Trinajstić information content (AvgIpc) is 2.77. The minimum Gasteiger partial charge on any atom is -0.497 e. The molecule has 0 aliphatic rings. The fourth-order valence-corrected chi connectivity index (χ4v) is 2.14. The van der Waals surface area contributed by atoms with E-state index in [1.165, 1.54) is 0 Å². The number of benzene rings is 1. The second kappa shape index (κ2) is 6.43. The molecule has 0 saturated carbocycles. The summed E-state index contributed by atoms with van der Waals surface area (Å²) in [5.74, 6) is 0.585. The highest BCUT2D eigenvalue weighted by Gasteiger charge is 2.15. The van der Waals surface area contributed by atoms with Crippen molar-refractivity contribution in [3.8, 4) is 5.75 Å². The quantitative estimate of drug-likeness (QED) is 0.920. The molecule has 0 aliphatic carbocycles.